The third-order valence-corrected chi connectivity index (χ3v) is 5.10. The van der Waals surface area contributed by atoms with Crippen LogP contribution in [-0.4, -0.2) is 37.3 Å². The molecule has 1 N–H and O–H groups in total. The van der Waals surface area contributed by atoms with Crippen LogP contribution in [0.2, 0.25) is 0 Å². The Morgan fingerprint density at radius 1 is 1.26 bits per heavy atom. The topological polar surface area (TPSA) is 33.7 Å². The third-order valence-electron chi connectivity index (χ3n) is 4.67. The number of benzene rings is 1. The van der Waals surface area contributed by atoms with Gasteiger partial charge in [-0.2, -0.15) is 0 Å². The van der Waals surface area contributed by atoms with Gasteiger partial charge in [0.15, 0.2) is 5.11 Å². The number of ether oxygens (including phenoxy) is 2. The summed E-state index contributed by atoms with van der Waals surface area (Å²) in [5, 5.41) is 4.35. The van der Waals surface area contributed by atoms with Crippen molar-refractivity contribution in [3.8, 4) is 11.5 Å². The van der Waals surface area contributed by atoms with Gasteiger partial charge < -0.3 is 19.7 Å². The predicted octanol–water partition coefficient (Wildman–Crippen LogP) is 3.59. The van der Waals surface area contributed by atoms with E-state index in [1.165, 1.54) is 25.7 Å². The average molecular weight is 337 g/mol. The Labute approximate surface area is 145 Å². The zero-order chi connectivity index (χ0) is 16.8. The molecule has 0 amide bonds. The summed E-state index contributed by atoms with van der Waals surface area (Å²) in [5.74, 6) is 2.31. The molecule has 1 saturated carbocycles. The predicted molar refractivity (Wildman–Crippen MR) is 98.2 cm³/mol. The highest BCUT2D eigenvalue weighted by Crippen LogP contribution is 2.26. The molecule has 4 nitrogen and oxygen atoms in total. The van der Waals surface area contributed by atoms with Gasteiger partial charge in [-0.25, -0.2) is 0 Å². The van der Waals surface area contributed by atoms with E-state index in [9.17, 15) is 0 Å². The summed E-state index contributed by atoms with van der Waals surface area (Å²) in [7, 11) is 5.36. The largest absolute Gasteiger partial charge is 0.497 e. The smallest absolute Gasteiger partial charge is 0.169 e. The fourth-order valence-corrected chi connectivity index (χ4v) is 3.33. The van der Waals surface area contributed by atoms with Gasteiger partial charge in [0.25, 0.3) is 0 Å². The normalized spacial score (nSPS) is 20.7. The number of thiocarbonyl (C=S) groups is 1. The lowest BCUT2D eigenvalue weighted by atomic mass is 9.86. The van der Waals surface area contributed by atoms with Gasteiger partial charge in [-0.15, -0.1) is 0 Å². The summed E-state index contributed by atoms with van der Waals surface area (Å²) in [6.07, 6.45) is 5.13. The van der Waals surface area contributed by atoms with Crippen molar-refractivity contribution in [3.05, 3.63) is 23.8 Å². The van der Waals surface area contributed by atoms with Crippen LogP contribution >= 0.6 is 12.2 Å². The van der Waals surface area contributed by atoms with E-state index in [4.69, 9.17) is 21.7 Å². The molecule has 128 valence electrons. The molecular formula is C18H28N2O2S. The van der Waals surface area contributed by atoms with Crippen molar-refractivity contribution in [3.63, 3.8) is 0 Å². The second-order valence-electron chi connectivity index (χ2n) is 6.35. The van der Waals surface area contributed by atoms with Crippen LogP contribution < -0.4 is 14.8 Å². The van der Waals surface area contributed by atoms with E-state index >= 15 is 0 Å². The first-order chi connectivity index (χ1) is 11.0. The van der Waals surface area contributed by atoms with Crippen molar-refractivity contribution < 1.29 is 9.47 Å². The van der Waals surface area contributed by atoms with Gasteiger partial charge in [-0.3, -0.25) is 0 Å². The highest BCUT2D eigenvalue weighted by Gasteiger charge is 2.22. The molecule has 0 spiro atoms. The summed E-state index contributed by atoms with van der Waals surface area (Å²) in [6.45, 7) is 3.02. The molecule has 5 heteroatoms. The van der Waals surface area contributed by atoms with E-state index in [0.29, 0.717) is 18.5 Å². The molecule has 0 radical (unpaired) electrons. The molecule has 0 aromatic heterocycles. The van der Waals surface area contributed by atoms with E-state index in [1.54, 1.807) is 14.2 Å². The van der Waals surface area contributed by atoms with Crippen molar-refractivity contribution >= 4 is 17.3 Å². The molecule has 1 aromatic rings. The summed E-state index contributed by atoms with van der Waals surface area (Å²) in [4.78, 5) is 2.07. The lowest BCUT2D eigenvalue weighted by Gasteiger charge is -2.33. The Morgan fingerprint density at radius 3 is 2.65 bits per heavy atom. The van der Waals surface area contributed by atoms with Gasteiger partial charge >= 0.3 is 0 Å². The first kappa shape index (κ1) is 17.9. The minimum Gasteiger partial charge on any atom is -0.497 e. The summed E-state index contributed by atoms with van der Waals surface area (Å²) in [5.41, 5.74) is 1.09. The van der Waals surface area contributed by atoms with Crippen LogP contribution in [0.4, 0.5) is 0 Å². The zero-order valence-electron chi connectivity index (χ0n) is 14.6. The zero-order valence-corrected chi connectivity index (χ0v) is 15.4. The molecule has 1 fully saturated rings. The Bertz CT molecular complexity index is 536. The summed E-state index contributed by atoms with van der Waals surface area (Å²) < 4.78 is 10.7. The molecule has 23 heavy (non-hydrogen) atoms. The van der Waals surface area contributed by atoms with E-state index in [2.05, 4.69) is 17.1 Å². The quantitative estimate of drug-likeness (QED) is 0.831. The van der Waals surface area contributed by atoms with Crippen LogP contribution in [0.3, 0.4) is 0 Å². The van der Waals surface area contributed by atoms with Crippen LogP contribution in [0, 0.1) is 5.92 Å². The second-order valence-corrected chi connectivity index (χ2v) is 6.74. The number of methoxy groups -OCH3 is 2. The molecular weight excluding hydrogens is 308 g/mol. The number of rotatable bonds is 5. The second kappa shape index (κ2) is 8.39. The van der Waals surface area contributed by atoms with Gasteiger partial charge in [0.05, 0.1) is 14.2 Å². The van der Waals surface area contributed by atoms with Crippen LogP contribution in [0.25, 0.3) is 0 Å². The molecule has 0 unspecified atom stereocenters. The number of hydrogen-bond acceptors (Lipinski definition) is 3. The Balaban J connectivity index is 1.97. The molecule has 1 aliphatic rings. The van der Waals surface area contributed by atoms with E-state index in [0.717, 1.165) is 22.2 Å². The first-order valence-electron chi connectivity index (χ1n) is 8.27. The van der Waals surface area contributed by atoms with Crippen LogP contribution in [0.15, 0.2) is 18.2 Å². The van der Waals surface area contributed by atoms with Crippen molar-refractivity contribution in [1.82, 2.24) is 10.2 Å². The minimum absolute atomic E-state index is 0.497. The van der Waals surface area contributed by atoms with Gasteiger partial charge in [0, 0.05) is 31.3 Å². The molecule has 0 heterocycles. The molecule has 1 aliphatic carbocycles. The highest BCUT2D eigenvalue weighted by atomic mass is 32.1. The molecule has 0 saturated heterocycles. The van der Waals surface area contributed by atoms with Gasteiger partial charge in [-0.05, 0) is 43.1 Å². The standard InChI is InChI=1S/C18H28N2O2S/c1-13-7-5-6-8-16(13)19-18(23)20(2)12-14-9-10-15(21-3)11-17(14)22-4/h9-11,13,16H,5-8,12H2,1-4H3,(H,19,23)/t13-,16+/m0/s1. The van der Waals surface area contributed by atoms with Gasteiger partial charge in [-0.1, -0.05) is 19.8 Å². The van der Waals surface area contributed by atoms with Gasteiger partial charge in [0.2, 0.25) is 0 Å². The van der Waals surface area contributed by atoms with Crippen molar-refractivity contribution in [2.24, 2.45) is 5.92 Å². The van der Waals surface area contributed by atoms with Crippen molar-refractivity contribution in [2.75, 3.05) is 21.3 Å². The van der Waals surface area contributed by atoms with E-state index in [1.807, 2.05) is 25.2 Å². The van der Waals surface area contributed by atoms with E-state index < -0.39 is 0 Å². The third kappa shape index (κ3) is 4.74. The minimum atomic E-state index is 0.497. The SMILES string of the molecule is COc1ccc(CN(C)C(=S)N[C@@H]2CCCC[C@@H]2C)c(OC)c1. The Morgan fingerprint density at radius 2 is 2.00 bits per heavy atom. The van der Waals surface area contributed by atoms with Crippen LogP contribution in [0.5, 0.6) is 11.5 Å². The Kier molecular flexibility index (Phi) is 6.51. The number of hydrogen-bond donors (Lipinski definition) is 1. The van der Waals surface area contributed by atoms with Crippen LogP contribution in [-0.2, 0) is 6.54 Å². The van der Waals surface area contributed by atoms with Crippen molar-refractivity contribution in [2.45, 2.75) is 45.2 Å². The molecule has 0 bridgehead atoms. The monoisotopic (exact) mass is 336 g/mol. The number of nitrogens with zero attached hydrogens (tertiary/aromatic N) is 1. The van der Waals surface area contributed by atoms with Crippen LogP contribution in [0.1, 0.15) is 38.2 Å². The van der Waals surface area contributed by atoms with Crippen molar-refractivity contribution in [1.29, 1.82) is 0 Å². The lowest BCUT2D eigenvalue weighted by Crippen LogP contribution is -2.46. The highest BCUT2D eigenvalue weighted by molar-refractivity contribution is 7.80. The van der Waals surface area contributed by atoms with E-state index in [-0.39, 0.29) is 0 Å². The average Bonchev–Trinajstić information content (AvgIpc) is 2.57. The lowest BCUT2D eigenvalue weighted by molar-refractivity contribution is 0.300. The molecule has 2 rings (SSSR count). The maximum atomic E-state index is 5.59. The van der Waals surface area contributed by atoms with Gasteiger partial charge in [0.1, 0.15) is 11.5 Å². The maximum Gasteiger partial charge on any atom is 0.169 e. The molecule has 2 atom stereocenters. The summed E-state index contributed by atoms with van der Waals surface area (Å²) >= 11 is 5.59. The fraction of sp³-hybridized carbons (Fsp3) is 0.611. The summed E-state index contributed by atoms with van der Waals surface area (Å²) in [6, 6.07) is 6.38. The maximum absolute atomic E-state index is 5.59. The first-order valence-corrected chi connectivity index (χ1v) is 8.68. The molecule has 1 aromatic carbocycles. The Hall–Kier alpha value is -1.49. The number of nitrogens with one attached hydrogen (secondary N) is 1. The fourth-order valence-electron chi connectivity index (χ4n) is 3.11. The molecule has 0 aliphatic heterocycles.